The van der Waals surface area contributed by atoms with Crippen molar-refractivity contribution >= 4 is 5.91 Å². The largest absolute Gasteiger partial charge is 0.462 e. The average molecular weight is 404 g/mol. The molecule has 5 nitrogen and oxygen atoms in total. The maximum absolute atomic E-state index is 14.1. The Morgan fingerprint density at radius 3 is 2.76 bits per heavy atom. The second-order valence-corrected chi connectivity index (χ2v) is 8.09. The number of rotatable bonds is 6. The summed E-state index contributed by atoms with van der Waals surface area (Å²) < 4.78 is 38.5. The summed E-state index contributed by atoms with van der Waals surface area (Å²) in [4.78, 5) is 17.2. The highest BCUT2D eigenvalue weighted by Gasteiger charge is 2.48. The van der Waals surface area contributed by atoms with Crippen molar-refractivity contribution in [3.8, 4) is 0 Å². The number of nitrogens with zero attached hydrogens (tertiary/aromatic N) is 2. The molecule has 1 aromatic heterocycles. The molecule has 2 saturated heterocycles. The minimum Gasteiger partial charge on any atom is -0.462 e. The topological polar surface area (TPSA) is 45.9 Å². The number of carbonyl (C=O) groups is 1. The van der Waals surface area contributed by atoms with Gasteiger partial charge in [-0.25, -0.2) is 8.78 Å². The molecule has 0 bridgehead atoms. The minimum atomic E-state index is -0.875. The van der Waals surface area contributed by atoms with Gasteiger partial charge in [-0.1, -0.05) is 12.1 Å². The van der Waals surface area contributed by atoms with E-state index in [9.17, 15) is 13.6 Å². The number of benzene rings is 1. The molecule has 0 aliphatic carbocycles. The van der Waals surface area contributed by atoms with Crippen LogP contribution in [0.5, 0.6) is 0 Å². The van der Waals surface area contributed by atoms with Crippen LogP contribution in [-0.2, 0) is 29.2 Å². The van der Waals surface area contributed by atoms with Crippen molar-refractivity contribution in [2.45, 2.75) is 39.0 Å². The molecule has 2 fully saturated rings. The van der Waals surface area contributed by atoms with Crippen LogP contribution in [0.25, 0.3) is 0 Å². The first-order valence-corrected chi connectivity index (χ1v) is 10.0. The van der Waals surface area contributed by atoms with Gasteiger partial charge in [0.2, 0.25) is 5.91 Å². The monoisotopic (exact) mass is 404 g/mol. The Balaban J connectivity index is 1.42. The van der Waals surface area contributed by atoms with Crippen LogP contribution in [0.2, 0.25) is 0 Å². The van der Waals surface area contributed by atoms with E-state index in [0.717, 1.165) is 43.4 Å². The minimum absolute atomic E-state index is 0.0504. The maximum atomic E-state index is 14.1. The number of ether oxygens (including phenoxy) is 1. The zero-order valence-corrected chi connectivity index (χ0v) is 16.6. The molecule has 2 aromatic rings. The fourth-order valence-corrected chi connectivity index (χ4v) is 4.60. The predicted molar refractivity (Wildman–Crippen MR) is 103 cm³/mol. The summed E-state index contributed by atoms with van der Waals surface area (Å²) in [7, 11) is 1.63. The van der Waals surface area contributed by atoms with Crippen molar-refractivity contribution < 1.29 is 22.7 Å². The molecule has 0 N–H and O–H groups in total. The van der Waals surface area contributed by atoms with E-state index in [4.69, 9.17) is 9.15 Å². The number of hydrogen-bond acceptors (Lipinski definition) is 4. The average Bonchev–Trinajstić information content (AvgIpc) is 3.31. The lowest BCUT2D eigenvalue weighted by molar-refractivity contribution is -0.146. The first kappa shape index (κ1) is 20.0. The first-order valence-electron chi connectivity index (χ1n) is 10.0. The number of furan rings is 1. The molecule has 2 aliphatic rings. The third-order valence-electron chi connectivity index (χ3n) is 6.03. The Bertz CT molecular complexity index is 885. The fraction of sp³-hybridized carbons (Fsp3) is 0.500. The molecule has 1 aromatic carbocycles. The molecule has 3 heterocycles. The second-order valence-electron chi connectivity index (χ2n) is 8.09. The van der Waals surface area contributed by atoms with E-state index in [-0.39, 0.29) is 18.0 Å². The van der Waals surface area contributed by atoms with Crippen LogP contribution in [0, 0.1) is 17.0 Å². The van der Waals surface area contributed by atoms with Crippen LogP contribution in [0.15, 0.2) is 34.7 Å². The summed E-state index contributed by atoms with van der Waals surface area (Å²) in [5, 5.41) is 0. The van der Waals surface area contributed by atoms with Gasteiger partial charge in [0.25, 0.3) is 0 Å². The highest BCUT2D eigenvalue weighted by Crippen LogP contribution is 2.41. The predicted octanol–water partition coefficient (Wildman–Crippen LogP) is 3.72. The van der Waals surface area contributed by atoms with E-state index < -0.39 is 17.0 Å². The van der Waals surface area contributed by atoms with Crippen molar-refractivity contribution in [1.82, 2.24) is 9.80 Å². The van der Waals surface area contributed by atoms with Gasteiger partial charge in [-0.2, -0.15) is 0 Å². The van der Waals surface area contributed by atoms with Gasteiger partial charge < -0.3 is 14.1 Å². The van der Waals surface area contributed by atoms with Gasteiger partial charge in [0.05, 0.1) is 12.0 Å². The smallest absolute Gasteiger partial charge is 0.230 e. The van der Waals surface area contributed by atoms with Crippen molar-refractivity contribution in [3.05, 3.63) is 59.1 Å². The first-order chi connectivity index (χ1) is 14.0. The number of likely N-dealkylation sites (tertiary alicyclic amines) is 2. The summed E-state index contributed by atoms with van der Waals surface area (Å²) in [5.74, 6) is -0.0448. The standard InChI is InChI=1S/C22H26F2N2O3/c1-28-14-18-7-6-17(29-18)13-25-11-9-22(15-25)8-3-10-26(21(22)27)12-16-4-2-5-19(23)20(16)24/h2,4-7H,3,8-15H2,1H3/t22-/m0/s1. The number of halogens is 2. The van der Waals surface area contributed by atoms with Crippen LogP contribution >= 0.6 is 0 Å². The van der Waals surface area contributed by atoms with E-state index in [2.05, 4.69) is 4.90 Å². The Morgan fingerprint density at radius 2 is 1.93 bits per heavy atom. The van der Waals surface area contributed by atoms with Gasteiger partial charge in [-0.05, 0) is 44.0 Å². The van der Waals surface area contributed by atoms with Crippen molar-refractivity contribution in [2.75, 3.05) is 26.7 Å². The molecule has 7 heteroatoms. The highest BCUT2D eigenvalue weighted by atomic mass is 19.2. The van der Waals surface area contributed by atoms with E-state index in [0.29, 0.717) is 26.2 Å². The summed E-state index contributed by atoms with van der Waals surface area (Å²) in [5.41, 5.74) is -0.212. The SMILES string of the molecule is COCc1ccc(CN2CC[C@@]3(CCCN(Cc4cccc(F)c4F)C3=O)C2)o1. The summed E-state index contributed by atoms with van der Waals surface area (Å²) in [6, 6.07) is 7.98. The lowest BCUT2D eigenvalue weighted by Crippen LogP contribution is -2.49. The van der Waals surface area contributed by atoms with Crippen LogP contribution < -0.4 is 0 Å². The third-order valence-corrected chi connectivity index (χ3v) is 6.03. The lowest BCUT2D eigenvalue weighted by atomic mass is 9.78. The van der Waals surface area contributed by atoms with Crippen LogP contribution in [-0.4, -0.2) is 42.5 Å². The summed E-state index contributed by atoms with van der Waals surface area (Å²) >= 11 is 0. The Kier molecular flexibility index (Phi) is 5.69. The number of hydrogen-bond donors (Lipinski definition) is 0. The summed E-state index contributed by atoms with van der Waals surface area (Å²) in [6.45, 7) is 3.26. The molecule has 1 amide bonds. The van der Waals surface area contributed by atoms with E-state index in [1.165, 1.54) is 6.07 Å². The van der Waals surface area contributed by atoms with Crippen LogP contribution in [0.3, 0.4) is 0 Å². The zero-order valence-electron chi connectivity index (χ0n) is 16.6. The maximum Gasteiger partial charge on any atom is 0.230 e. The highest BCUT2D eigenvalue weighted by molar-refractivity contribution is 5.84. The molecule has 0 saturated carbocycles. The Morgan fingerprint density at radius 1 is 1.10 bits per heavy atom. The molecule has 0 unspecified atom stereocenters. The lowest BCUT2D eigenvalue weighted by Gasteiger charge is -2.39. The second kappa shape index (κ2) is 8.24. The number of piperidine rings is 1. The molecule has 1 spiro atoms. The van der Waals surface area contributed by atoms with Crippen LogP contribution in [0.4, 0.5) is 8.78 Å². The molecule has 4 rings (SSSR count). The van der Waals surface area contributed by atoms with E-state index in [1.54, 1.807) is 18.1 Å². The number of carbonyl (C=O) groups excluding carboxylic acids is 1. The molecule has 1 atom stereocenters. The molecule has 29 heavy (non-hydrogen) atoms. The van der Waals surface area contributed by atoms with Gasteiger partial charge in [0.1, 0.15) is 18.1 Å². The van der Waals surface area contributed by atoms with E-state index in [1.807, 2.05) is 12.1 Å². The van der Waals surface area contributed by atoms with Crippen molar-refractivity contribution in [2.24, 2.45) is 5.41 Å². The van der Waals surface area contributed by atoms with Crippen LogP contribution in [0.1, 0.15) is 36.3 Å². The Hall–Kier alpha value is -2.25. The molecule has 156 valence electrons. The fourth-order valence-electron chi connectivity index (χ4n) is 4.60. The normalized spacial score (nSPS) is 22.7. The van der Waals surface area contributed by atoms with Gasteiger partial charge in [0.15, 0.2) is 11.6 Å². The van der Waals surface area contributed by atoms with Gasteiger partial charge in [0, 0.05) is 32.3 Å². The number of amides is 1. The third kappa shape index (κ3) is 4.07. The van der Waals surface area contributed by atoms with Crippen molar-refractivity contribution in [3.63, 3.8) is 0 Å². The summed E-state index contributed by atoms with van der Waals surface area (Å²) in [6.07, 6.45) is 2.48. The number of methoxy groups -OCH3 is 1. The van der Waals surface area contributed by atoms with Gasteiger partial charge in [-0.3, -0.25) is 9.69 Å². The zero-order chi connectivity index (χ0) is 20.4. The molecular formula is C22H26F2N2O3. The molecule has 0 radical (unpaired) electrons. The van der Waals surface area contributed by atoms with Gasteiger partial charge in [-0.15, -0.1) is 0 Å². The van der Waals surface area contributed by atoms with Crippen molar-refractivity contribution in [1.29, 1.82) is 0 Å². The van der Waals surface area contributed by atoms with E-state index >= 15 is 0 Å². The molecule has 2 aliphatic heterocycles. The molecular weight excluding hydrogens is 378 g/mol. The quantitative estimate of drug-likeness (QED) is 0.736. The Labute approximate surface area is 169 Å². The van der Waals surface area contributed by atoms with Gasteiger partial charge >= 0.3 is 0 Å².